The number of carbonyl (C=O) groups is 2. The molecule has 1 aromatic carbocycles. The van der Waals surface area contributed by atoms with E-state index in [9.17, 15) is 14.7 Å². The summed E-state index contributed by atoms with van der Waals surface area (Å²) in [4.78, 5) is 25.6. The van der Waals surface area contributed by atoms with Crippen molar-refractivity contribution in [3.05, 3.63) is 33.3 Å². The second kappa shape index (κ2) is 6.58. The summed E-state index contributed by atoms with van der Waals surface area (Å²) in [5.41, 5.74) is 0.397. The summed E-state index contributed by atoms with van der Waals surface area (Å²) in [7, 11) is 0. The van der Waals surface area contributed by atoms with E-state index < -0.39 is 12.0 Å². The van der Waals surface area contributed by atoms with E-state index in [1.807, 2.05) is 13.8 Å². The fraction of sp³-hybridized carbons (Fsp3) is 0.429. The first-order valence-corrected chi connectivity index (χ1v) is 8.66. The molecule has 0 aromatic heterocycles. The minimum atomic E-state index is -0.972. The summed E-state index contributed by atoms with van der Waals surface area (Å²) < 4.78 is 0.693. The van der Waals surface area contributed by atoms with Crippen molar-refractivity contribution in [2.45, 2.75) is 25.3 Å². The third kappa shape index (κ3) is 3.55. The van der Waals surface area contributed by atoms with Crippen molar-refractivity contribution in [1.82, 2.24) is 4.90 Å². The van der Waals surface area contributed by atoms with E-state index in [2.05, 4.69) is 15.9 Å². The minimum absolute atomic E-state index is 0.142. The van der Waals surface area contributed by atoms with Crippen molar-refractivity contribution in [2.75, 3.05) is 5.75 Å². The normalized spacial score (nSPS) is 21.9. The van der Waals surface area contributed by atoms with E-state index in [4.69, 9.17) is 11.6 Å². The largest absolute Gasteiger partial charge is 0.480 e. The Hall–Kier alpha value is -0.720. The van der Waals surface area contributed by atoms with Gasteiger partial charge in [0.1, 0.15) is 6.04 Å². The van der Waals surface area contributed by atoms with Crippen LogP contribution in [0.2, 0.25) is 5.02 Å². The third-order valence-corrected chi connectivity index (χ3v) is 5.53. The Balaban J connectivity index is 2.38. The summed E-state index contributed by atoms with van der Waals surface area (Å²) in [6, 6.07) is 4.11. The van der Waals surface area contributed by atoms with E-state index in [0.29, 0.717) is 20.8 Å². The lowest BCUT2D eigenvalue weighted by molar-refractivity contribution is -0.141. The maximum Gasteiger partial charge on any atom is 0.327 e. The summed E-state index contributed by atoms with van der Waals surface area (Å²) >= 11 is 10.8. The first-order valence-electron chi connectivity index (χ1n) is 6.44. The number of nitrogens with zero attached hydrogens (tertiary/aromatic N) is 1. The zero-order valence-corrected chi connectivity index (χ0v) is 14.7. The number of carboxylic acids is 1. The smallest absolute Gasteiger partial charge is 0.327 e. The van der Waals surface area contributed by atoms with Gasteiger partial charge in [0.2, 0.25) is 0 Å². The van der Waals surface area contributed by atoms with Crippen LogP contribution in [0.3, 0.4) is 0 Å². The van der Waals surface area contributed by atoms with Crippen LogP contribution in [0.25, 0.3) is 0 Å². The van der Waals surface area contributed by atoms with Gasteiger partial charge in [-0.15, -0.1) is 11.8 Å². The van der Waals surface area contributed by atoms with Gasteiger partial charge in [-0.25, -0.2) is 4.79 Å². The first kappa shape index (κ1) is 16.6. The molecular formula is C14H15BrClNO3S. The van der Waals surface area contributed by atoms with Crippen molar-refractivity contribution in [2.24, 2.45) is 5.92 Å². The van der Waals surface area contributed by atoms with E-state index in [1.165, 1.54) is 16.7 Å². The molecule has 1 saturated heterocycles. The molecule has 1 aliphatic rings. The molecule has 21 heavy (non-hydrogen) atoms. The fourth-order valence-electron chi connectivity index (χ4n) is 2.32. The second-order valence-corrected chi connectivity index (χ2v) is 7.69. The summed E-state index contributed by atoms with van der Waals surface area (Å²) in [6.45, 7) is 3.96. The lowest BCUT2D eigenvalue weighted by atomic mass is 10.1. The van der Waals surface area contributed by atoms with Crippen LogP contribution in [0, 0.1) is 5.92 Å². The molecule has 0 bridgehead atoms. The number of carboxylic acid groups (broad SMARTS) is 1. The van der Waals surface area contributed by atoms with Gasteiger partial charge in [-0.2, -0.15) is 0 Å². The highest BCUT2D eigenvalue weighted by Crippen LogP contribution is 2.35. The van der Waals surface area contributed by atoms with Crippen molar-refractivity contribution in [3.63, 3.8) is 0 Å². The van der Waals surface area contributed by atoms with Crippen LogP contribution in [0.1, 0.15) is 24.2 Å². The number of hydrogen-bond donors (Lipinski definition) is 1. The van der Waals surface area contributed by atoms with Gasteiger partial charge in [-0.05, 0) is 24.1 Å². The maximum atomic E-state index is 12.8. The number of rotatable bonds is 3. The van der Waals surface area contributed by atoms with Gasteiger partial charge < -0.3 is 10.0 Å². The van der Waals surface area contributed by atoms with Crippen LogP contribution in [0.4, 0.5) is 0 Å². The molecule has 0 radical (unpaired) electrons. The molecule has 1 N–H and O–H groups in total. The molecule has 1 aromatic rings. The molecule has 2 unspecified atom stereocenters. The minimum Gasteiger partial charge on any atom is -0.480 e. The van der Waals surface area contributed by atoms with E-state index in [-0.39, 0.29) is 17.2 Å². The van der Waals surface area contributed by atoms with E-state index >= 15 is 0 Å². The van der Waals surface area contributed by atoms with Gasteiger partial charge in [0.25, 0.3) is 5.91 Å². The van der Waals surface area contributed by atoms with Crippen LogP contribution >= 0.6 is 39.3 Å². The van der Waals surface area contributed by atoms with Gasteiger partial charge in [-0.3, -0.25) is 4.79 Å². The van der Waals surface area contributed by atoms with Crippen LogP contribution in [0.5, 0.6) is 0 Å². The molecule has 2 rings (SSSR count). The number of hydrogen-bond acceptors (Lipinski definition) is 3. The molecule has 1 amide bonds. The molecule has 0 aliphatic carbocycles. The lowest BCUT2D eigenvalue weighted by Crippen LogP contribution is -2.47. The zero-order chi connectivity index (χ0) is 15.7. The monoisotopic (exact) mass is 391 g/mol. The average Bonchev–Trinajstić information content (AvgIpc) is 2.81. The van der Waals surface area contributed by atoms with Gasteiger partial charge in [0, 0.05) is 20.8 Å². The van der Waals surface area contributed by atoms with Crippen molar-refractivity contribution in [3.8, 4) is 0 Å². The van der Waals surface area contributed by atoms with Crippen LogP contribution in [-0.2, 0) is 4.79 Å². The number of aliphatic carboxylic acids is 1. The topological polar surface area (TPSA) is 57.6 Å². The molecule has 114 valence electrons. The zero-order valence-electron chi connectivity index (χ0n) is 11.5. The van der Waals surface area contributed by atoms with E-state index in [0.717, 1.165) is 0 Å². The van der Waals surface area contributed by atoms with Crippen molar-refractivity contribution < 1.29 is 14.7 Å². The quantitative estimate of drug-likeness (QED) is 0.851. The Labute approximate surface area is 141 Å². The molecule has 1 heterocycles. The molecule has 1 aliphatic heterocycles. The summed E-state index contributed by atoms with van der Waals surface area (Å²) in [5.74, 6) is -0.689. The Morgan fingerprint density at radius 2 is 2.10 bits per heavy atom. The summed E-state index contributed by atoms with van der Waals surface area (Å²) in [5, 5.41) is 9.64. The number of thioether (sulfide) groups is 1. The molecule has 4 nitrogen and oxygen atoms in total. The van der Waals surface area contributed by atoms with Crippen LogP contribution in [0.15, 0.2) is 22.7 Å². The maximum absolute atomic E-state index is 12.8. The third-order valence-electron chi connectivity index (χ3n) is 3.23. The van der Waals surface area contributed by atoms with Gasteiger partial charge >= 0.3 is 5.97 Å². The lowest BCUT2D eigenvalue weighted by Gasteiger charge is -2.29. The Morgan fingerprint density at radius 3 is 2.62 bits per heavy atom. The van der Waals surface area contributed by atoms with E-state index in [1.54, 1.807) is 18.2 Å². The predicted octanol–water partition coefficient (Wildman–Crippen LogP) is 3.73. The molecule has 0 saturated carbocycles. The number of halogens is 2. The highest BCUT2D eigenvalue weighted by molar-refractivity contribution is 9.10. The molecular weight excluding hydrogens is 378 g/mol. The Bertz CT molecular complexity index is 561. The molecule has 1 fully saturated rings. The van der Waals surface area contributed by atoms with Crippen molar-refractivity contribution in [1.29, 1.82) is 0 Å². The predicted molar refractivity (Wildman–Crippen MR) is 87.8 cm³/mol. The Morgan fingerprint density at radius 1 is 1.43 bits per heavy atom. The standard InChI is InChI=1S/C14H15BrClNO3S/c1-7(2)13-17(11(6-21-13)14(19)20)12(18)8-3-9(15)5-10(16)4-8/h3-5,7,11,13H,6H2,1-2H3,(H,19,20). The van der Waals surface area contributed by atoms with Crippen LogP contribution < -0.4 is 0 Å². The number of carbonyl (C=O) groups excluding carboxylic acids is 1. The van der Waals surface area contributed by atoms with Gasteiger partial charge in [-0.1, -0.05) is 41.4 Å². The average molecular weight is 393 g/mol. The first-order chi connectivity index (χ1) is 9.81. The van der Waals surface area contributed by atoms with Gasteiger partial charge in [0.05, 0.1) is 5.37 Å². The Kier molecular flexibility index (Phi) is 5.22. The molecule has 7 heteroatoms. The van der Waals surface area contributed by atoms with Crippen LogP contribution in [-0.4, -0.2) is 39.1 Å². The highest BCUT2D eigenvalue weighted by Gasteiger charge is 2.43. The second-order valence-electron chi connectivity index (χ2n) is 5.19. The number of benzene rings is 1. The fourth-order valence-corrected chi connectivity index (χ4v) is 4.65. The summed E-state index contributed by atoms with van der Waals surface area (Å²) in [6.07, 6.45) is 0. The number of amides is 1. The van der Waals surface area contributed by atoms with Gasteiger partial charge in [0.15, 0.2) is 0 Å². The molecule has 0 spiro atoms. The highest BCUT2D eigenvalue weighted by atomic mass is 79.9. The van der Waals surface area contributed by atoms with Crippen molar-refractivity contribution >= 4 is 51.2 Å². The SMILES string of the molecule is CC(C)C1SCC(C(=O)O)N1C(=O)c1cc(Cl)cc(Br)c1. The molecule has 2 atom stereocenters.